The minimum atomic E-state index is -0.586. The number of benzene rings is 1. The first kappa shape index (κ1) is 19.5. The quantitative estimate of drug-likeness (QED) is 0.687. The number of hydrogen-bond acceptors (Lipinski definition) is 5. The van der Waals surface area contributed by atoms with Gasteiger partial charge in [0.25, 0.3) is 0 Å². The number of carbonyl (C=O) groups excluding carboxylic acids is 1. The smallest absolute Gasteiger partial charge is 0.305 e. The molecule has 2 aliphatic rings. The normalized spacial score (nSPS) is 25.6. The standard InChI is InChI=1S/C22H29NO4/c1-25-19-10-9-17(13-20(19)27-18-7-3-4-8-18)22(15-23)11-5-6-16(14-22)12-21(24)26-2/h9-10,13,16,18H,3-8,11-12,14H2,1-2H3/t16-,22-/m0/s1. The Morgan fingerprint density at radius 2 is 1.96 bits per heavy atom. The van der Waals surface area contributed by atoms with E-state index in [4.69, 9.17) is 14.2 Å². The number of nitriles is 1. The van der Waals surface area contributed by atoms with E-state index in [0.717, 1.165) is 43.4 Å². The topological polar surface area (TPSA) is 68.6 Å². The van der Waals surface area contributed by atoms with Crippen LogP contribution in [0.25, 0.3) is 0 Å². The zero-order valence-electron chi connectivity index (χ0n) is 16.3. The lowest BCUT2D eigenvalue weighted by atomic mass is 9.66. The van der Waals surface area contributed by atoms with E-state index in [1.165, 1.54) is 20.0 Å². The van der Waals surface area contributed by atoms with Crippen LogP contribution in [0.5, 0.6) is 11.5 Å². The van der Waals surface area contributed by atoms with Crippen molar-refractivity contribution in [3.63, 3.8) is 0 Å². The van der Waals surface area contributed by atoms with Gasteiger partial charge in [-0.2, -0.15) is 5.26 Å². The number of hydrogen-bond donors (Lipinski definition) is 0. The van der Waals surface area contributed by atoms with Crippen LogP contribution in [-0.4, -0.2) is 26.3 Å². The Bertz CT molecular complexity index is 705. The van der Waals surface area contributed by atoms with E-state index in [2.05, 4.69) is 6.07 Å². The van der Waals surface area contributed by atoms with Gasteiger partial charge in [-0.1, -0.05) is 12.5 Å². The molecule has 5 nitrogen and oxygen atoms in total. The molecule has 0 bridgehead atoms. The highest BCUT2D eigenvalue weighted by molar-refractivity contribution is 5.69. The average molecular weight is 371 g/mol. The SMILES string of the molecule is COC(=O)C[C@@H]1CCC[C@](C#N)(c2ccc(OC)c(OC3CCCC3)c2)C1. The van der Waals surface area contributed by atoms with Crippen LogP contribution >= 0.6 is 0 Å². The van der Waals surface area contributed by atoms with Crippen molar-refractivity contribution in [2.24, 2.45) is 5.92 Å². The minimum absolute atomic E-state index is 0.173. The highest BCUT2D eigenvalue weighted by atomic mass is 16.5. The van der Waals surface area contributed by atoms with Crippen molar-refractivity contribution >= 4 is 5.97 Å². The molecule has 0 amide bonds. The number of rotatable bonds is 6. The van der Waals surface area contributed by atoms with Crippen LogP contribution in [0.1, 0.15) is 63.4 Å². The molecule has 2 aliphatic carbocycles. The third-order valence-corrected chi connectivity index (χ3v) is 6.06. The van der Waals surface area contributed by atoms with E-state index in [9.17, 15) is 10.1 Å². The molecule has 0 unspecified atom stereocenters. The van der Waals surface area contributed by atoms with Gasteiger partial charge in [0.2, 0.25) is 0 Å². The molecule has 0 aliphatic heterocycles. The van der Waals surface area contributed by atoms with Gasteiger partial charge in [-0.25, -0.2) is 0 Å². The molecule has 27 heavy (non-hydrogen) atoms. The molecule has 0 spiro atoms. The van der Waals surface area contributed by atoms with E-state index in [1.54, 1.807) is 7.11 Å². The number of esters is 1. The first-order chi connectivity index (χ1) is 13.1. The van der Waals surface area contributed by atoms with Crippen molar-refractivity contribution in [3.05, 3.63) is 23.8 Å². The maximum atomic E-state index is 11.7. The van der Waals surface area contributed by atoms with Gasteiger partial charge in [0.05, 0.1) is 31.8 Å². The molecule has 2 atom stereocenters. The summed E-state index contributed by atoms with van der Waals surface area (Å²) in [6.45, 7) is 0. The number of carbonyl (C=O) groups is 1. The maximum absolute atomic E-state index is 11.7. The summed E-state index contributed by atoms with van der Waals surface area (Å²) >= 11 is 0. The van der Waals surface area contributed by atoms with Gasteiger partial charge in [-0.3, -0.25) is 4.79 Å². The summed E-state index contributed by atoms with van der Waals surface area (Å²) in [7, 11) is 3.06. The first-order valence-electron chi connectivity index (χ1n) is 9.93. The molecule has 5 heteroatoms. The lowest BCUT2D eigenvalue weighted by Crippen LogP contribution is -2.32. The Morgan fingerprint density at radius 1 is 1.19 bits per heavy atom. The molecule has 1 aromatic carbocycles. The third kappa shape index (κ3) is 4.37. The fraction of sp³-hybridized carbons (Fsp3) is 0.636. The van der Waals surface area contributed by atoms with E-state index in [1.807, 2.05) is 18.2 Å². The lowest BCUT2D eigenvalue weighted by molar-refractivity contribution is -0.142. The van der Waals surface area contributed by atoms with Crippen LogP contribution < -0.4 is 9.47 Å². The van der Waals surface area contributed by atoms with Crippen LogP contribution in [0.15, 0.2) is 18.2 Å². The molecule has 0 N–H and O–H groups in total. The van der Waals surface area contributed by atoms with Gasteiger partial charge in [0.1, 0.15) is 0 Å². The Morgan fingerprint density at radius 3 is 2.63 bits per heavy atom. The van der Waals surface area contributed by atoms with Crippen molar-refractivity contribution in [3.8, 4) is 17.6 Å². The molecule has 0 saturated heterocycles. The number of ether oxygens (including phenoxy) is 3. The Labute approximate surface area is 161 Å². The van der Waals surface area contributed by atoms with E-state index < -0.39 is 5.41 Å². The molecule has 2 saturated carbocycles. The van der Waals surface area contributed by atoms with Gasteiger partial charge >= 0.3 is 5.97 Å². The molecular formula is C22H29NO4. The predicted octanol–water partition coefficient (Wildman–Crippen LogP) is 4.53. The van der Waals surface area contributed by atoms with Crippen LogP contribution in [0.4, 0.5) is 0 Å². The molecule has 146 valence electrons. The molecule has 0 aromatic heterocycles. The molecular weight excluding hydrogens is 342 g/mol. The monoisotopic (exact) mass is 371 g/mol. The van der Waals surface area contributed by atoms with Crippen LogP contribution in [0, 0.1) is 17.2 Å². The Kier molecular flexibility index (Phi) is 6.26. The summed E-state index contributed by atoms with van der Waals surface area (Å²) in [5.41, 5.74) is 0.380. The number of nitrogens with zero attached hydrogens (tertiary/aromatic N) is 1. The highest BCUT2D eigenvalue weighted by Crippen LogP contribution is 2.45. The van der Waals surface area contributed by atoms with Crippen molar-refractivity contribution in [1.82, 2.24) is 0 Å². The van der Waals surface area contributed by atoms with Gasteiger partial charge in [0, 0.05) is 6.42 Å². The van der Waals surface area contributed by atoms with E-state index in [-0.39, 0.29) is 18.0 Å². The number of methoxy groups -OCH3 is 2. The van der Waals surface area contributed by atoms with Crippen molar-refractivity contribution in [2.75, 3.05) is 14.2 Å². The Balaban J connectivity index is 1.85. The minimum Gasteiger partial charge on any atom is -0.493 e. The largest absolute Gasteiger partial charge is 0.493 e. The van der Waals surface area contributed by atoms with Crippen molar-refractivity contribution in [2.45, 2.75) is 69.3 Å². The second-order valence-electron chi connectivity index (χ2n) is 7.83. The zero-order valence-corrected chi connectivity index (χ0v) is 16.3. The second-order valence-corrected chi connectivity index (χ2v) is 7.83. The molecule has 0 radical (unpaired) electrons. The summed E-state index contributed by atoms with van der Waals surface area (Å²) < 4.78 is 16.5. The van der Waals surface area contributed by atoms with Gasteiger partial charge < -0.3 is 14.2 Å². The summed E-state index contributed by atoms with van der Waals surface area (Å²) in [5, 5.41) is 10.1. The molecule has 3 rings (SSSR count). The maximum Gasteiger partial charge on any atom is 0.305 e. The van der Waals surface area contributed by atoms with Crippen LogP contribution in [0.2, 0.25) is 0 Å². The van der Waals surface area contributed by atoms with E-state index >= 15 is 0 Å². The van der Waals surface area contributed by atoms with Crippen LogP contribution in [-0.2, 0) is 14.9 Å². The van der Waals surface area contributed by atoms with E-state index in [0.29, 0.717) is 18.6 Å². The zero-order chi connectivity index (χ0) is 19.3. The Hall–Kier alpha value is -2.22. The van der Waals surface area contributed by atoms with Gasteiger partial charge in [-0.05, 0) is 68.6 Å². The summed E-state index contributed by atoms with van der Waals surface area (Å²) in [6, 6.07) is 8.43. The highest BCUT2D eigenvalue weighted by Gasteiger charge is 2.39. The summed E-state index contributed by atoms with van der Waals surface area (Å²) in [5.74, 6) is 1.41. The lowest BCUT2D eigenvalue weighted by Gasteiger charge is -2.36. The first-order valence-corrected chi connectivity index (χ1v) is 9.93. The molecule has 0 heterocycles. The third-order valence-electron chi connectivity index (χ3n) is 6.06. The predicted molar refractivity (Wildman–Crippen MR) is 102 cm³/mol. The van der Waals surface area contributed by atoms with Crippen molar-refractivity contribution < 1.29 is 19.0 Å². The summed E-state index contributed by atoms with van der Waals surface area (Å²) in [4.78, 5) is 11.7. The second kappa shape index (κ2) is 8.65. The van der Waals surface area contributed by atoms with Crippen LogP contribution in [0.3, 0.4) is 0 Å². The summed E-state index contributed by atoms with van der Waals surface area (Å²) in [6.07, 6.45) is 8.50. The average Bonchev–Trinajstić information content (AvgIpc) is 3.21. The van der Waals surface area contributed by atoms with Gasteiger partial charge in [0.15, 0.2) is 11.5 Å². The molecule has 2 fully saturated rings. The van der Waals surface area contributed by atoms with Crippen molar-refractivity contribution in [1.29, 1.82) is 5.26 Å². The fourth-order valence-electron chi connectivity index (χ4n) is 4.56. The van der Waals surface area contributed by atoms with Gasteiger partial charge in [-0.15, -0.1) is 0 Å². The molecule has 1 aromatic rings. The fourth-order valence-corrected chi connectivity index (χ4v) is 4.56.